The average Bonchev–Trinajstić information content (AvgIpc) is 2.26. The molecule has 17 heavy (non-hydrogen) atoms. The van der Waals surface area contributed by atoms with Crippen molar-refractivity contribution >= 4 is 11.6 Å². The van der Waals surface area contributed by atoms with Crippen LogP contribution in [0.5, 0.6) is 0 Å². The molecule has 1 aromatic heterocycles. The molecule has 0 aliphatic heterocycles. The summed E-state index contributed by atoms with van der Waals surface area (Å²) in [6, 6.07) is 5.40. The highest BCUT2D eigenvalue weighted by molar-refractivity contribution is 6.30. The van der Waals surface area contributed by atoms with E-state index >= 15 is 0 Å². The van der Waals surface area contributed by atoms with Gasteiger partial charge in [0.05, 0.1) is 5.69 Å². The zero-order chi connectivity index (χ0) is 12.4. The molecule has 0 radical (unpaired) electrons. The van der Waals surface area contributed by atoms with Crippen LogP contribution in [0.3, 0.4) is 0 Å². The molecule has 1 aromatic carbocycles. The Morgan fingerprint density at radius 1 is 1.35 bits per heavy atom. The van der Waals surface area contributed by atoms with Crippen molar-refractivity contribution in [2.45, 2.75) is 13.3 Å². The number of nitrogens with one attached hydrogen (secondary N) is 1. The van der Waals surface area contributed by atoms with Crippen LogP contribution >= 0.6 is 11.6 Å². The highest BCUT2D eigenvalue weighted by Crippen LogP contribution is 2.21. The fourth-order valence-electron chi connectivity index (χ4n) is 1.53. The predicted molar refractivity (Wildman–Crippen MR) is 64.6 cm³/mol. The lowest BCUT2D eigenvalue weighted by atomic mass is 10.1. The fraction of sp³-hybridized carbons (Fsp3) is 0.167. The van der Waals surface area contributed by atoms with Crippen LogP contribution in [0, 0.1) is 5.82 Å². The maximum absolute atomic E-state index is 13.2. The molecule has 0 saturated carbocycles. The van der Waals surface area contributed by atoms with Crippen LogP contribution in [0.25, 0.3) is 11.3 Å². The number of aryl methyl sites for hydroxylation is 1. The van der Waals surface area contributed by atoms with Gasteiger partial charge in [-0.2, -0.15) is 0 Å². The minimum Gasteiger partial charge on any atom is -0.311 e. The van der Waals surface area contributed by atoms with E-state index in [-0.39, 0.29) is 10.6 Å². The molecule has 2 aromatic rings. The van der Waals surface area contributed by atoms with Crippen LogP contribution in [0.1, 0.15) is 12.7 Å². The molecule has 1 N–H and O–H groups in total. The second-order valence-corrected chi connectivity index (χ2v) is 4.03. The quantitative estimate of drug-likeness (QED) is 0.893. The van der Waals surface area contributed by atoms with Gasteiger partial charge in [-0.1, -0.05) is 18.5 Å². The highest BCUT2D eigenvalue weighted by atomic mass is 35.5. The molecule has 2 rings (SSSR count). The number of H-pyrrole nitrogens is 1. The van der Waals surface area contributed by atoms with Gasteiger partial charge >= 0.3 is 0 Å². The predicted octanol–water partition coefficient (Wildman–Crippen LogP) is 2.79. The lowest BCUT2D eigenvalue weighted by Gasteiger charge is -2.03. The van der Waals surface area contributed by atoms with Crippen molar-refractivity contribution < 1.29 is 4.39 Å². The molecule has 0 bridgehead atoms. The van der Waals surface area contributed by atoms with E-state index < -0.39 is 5.82 Å². The Morgan fingerprint density at radius 3 is 2.76 bits per heavy atom. The summed E-state index contributed by atoms with van der Waals surface area (Å²) < 4.78 is 13.2. The molecule has 0 fully saturated rings. The second kappa shape index (κ2) is 4.67. The first-order chi connectivity index (χ1) is 8.08. The van der Waals surface area contributed by atoms with E-state index in [9.17, 15) is 9.18 Å². The van der Waals surface area contributed by atoms with Gasteiger partial charge < -0.3 is 4.98 Å². The molecular weight excluding hydrogens is 243 g/mol. The molecule has 0 amide bonds. The van der Waals surface area contributed by atoms with E-state index in [1.54, 1.807) is 6.07 Å². The maximum Gasteiger partial charge on any atom is 0.251 e. The average molecular weight is 253 g/mol. The molecule has 5 heteroatoms. The third-order valence-electron chi connectivity index (χ3n) is 2.28. The van der Waals surface area contributed by atoms with Crippen molar-refractivity contribution in [3.63, 3.8) is 0 Å². The van der Waals surface area contributed by atoms with Gasteiger partial charge in [0.25, 0.3) is 5.56 Å². The number of aromatic nitrogens is 2. The largest absolute Gasteiger partial charge is 0.311 e. The van der Waals surface area contributed by atoms with Crippen LogP contribution in [0.15, 0.2) is 29.1 Å². The van der Waals surface area contributed by atoms with Crippen LogP contribution in [-0.4, -0.2) is 9.97 Å². The molecule has 1 heterocycles. The number of hydrogen-bond acceptors (Lipinski definition) is 2. The van der Waals surface area contributed by atoms with Crippen molar-refractivity contribution in [2.75, 3.05) is 0 Å². The highest BCUT2D eigenvalue weighted by Gasteiger charge is 2.06. The molecular formula is C12H10ClFN2O. The SMILES string of the molecule is CCc1nc(-c2cc(F)cc(Cl)c2)cc(=O)[nH]1. The molecule has 0 unspecified atom stereocenters. The summed E-state index contributed by atoms with van der Waals surface area (Å²) in [5, 5.41) is 0.278. The monoisotopic (exact) mass is 252 g/mol. The first-order valence-electron chi connectivity index (χ1n) is 5.15. The Bertz CT molecular complexity index is 589. The Morgan fingerprint density at radius 2 is 2.12 bits per heavy atom. The molecule has 0 aliphatic rings. The van der Waals surface area contributed by atoms with E-state index in [4.69, 9.17) is 11.6 Å². The molecule has 0 spiro atoms. The minimum absolute atomic E-state index is 0.257. The number of hydrogen-bond donors (Lipinski definition) is 1. The van der Waals surface area contributed by atoms with E-state index in [1.165, 1.54) is 18.2 Å². The Balaban J connectivity index is 2.59. The summed E-state index contributed by atoms with van der Waals surface area (Å²) in [4.78, 5) is 18.2. The van der Waals surface area contributed by atoms with Crippen LogP contribution in [-0.2, 0) is 6.42 Å². The van der Waals surface area contributed by atoms with Gasteiger partial charge in [0.2, 0.25) is 0 Å². The number of halogens is 2. The lowest BCUT2D eigenvalue weighted by Crippen LogP contribution is -2.10. The van der Waals surface area contributed by atoms with E-state index in [0.29, 0.717) is 23.5 Å². The summed E-state index contributed by atoms with van der Waals surface area (Å²) in [6.45, 7) is 1.88. The van der Waals surface area contributed by atoms with Crippen LogP contribution in [0.2, 0.25) is 5.02 Å². The zero-order valence-electron chi connectivity index (χ0n) is 9.13. The van der Waals surface area contributed by atoms with Crippen molar-refractivity contribution in [3.05, 3.63) is 51.3 Å². The first kappa shape index (κ1) is 11.8. The van der Waals surface area contributed by atoms with Gasteiger partial charge in [0, 0.05) is 23.1 Å². The van der Waals surface area contributed by atoms with Crippen LogP contribution in [0.4, 0.5) is 4.39 Å². The summed E-state index contributed by atoms with van der Waals surface area (Å²) in [5.74, 6) is 0.112. The van der Waals surface area contributed by atoms with Crippen molar-refractivity contribution in [2.24, 2.45) is 0 Å². The minimum atomic E-state index is -0.451. The van der Waals surface area contributed by atoms with E-state index in [0.717, 1.165) is 0 Å². The standard InChI is InChI=1S/C12H10ClFN2O/c1-2-11-15-10(6-12(17)16-11)7-3-8(13)5-9(14)4-7/h3-6H,2H2,1H3,(H,15,16,17). The number of rotatable bonds is 2. The first-order valence-corrected chi connectivity index (χ1v) is 5.53. The van der Waals surface area contributed by atoms with Crippen molar-refractivity contribution in [1.29, 1.82) is 0 Å². The molecule has 3 nitrogen and oxygen atoms in total. The number of nitrogens with zero attached hydrogens (tertiary/aromatic N) is 1. The topological polar surface area (TPSA) is 45.8 Å². The fourth-order valence-corrected chi connectivity index (χ4v) is 1.75. The molecule has 0 saturated heterocycles. The Hall–Kier alpha value is -1.68. The molecule has 0 aliphatic carbocycles. The summed E-state index contributed by atoms with van der Waals surface area (Å²) in [7, 11) is 0. The van der Waals surface area contributed by atoms with E-state index in [1.807, 2.05) is 6.92 Å². The van der Waals surface area contributed by atoms with Gasteiger partial charge in [0.15, 0.2) is 0 Å². The maximum atomic E-state index is 13.2. The summed E-state index contributed by atoms with van der Waals surface area (Å²) >= 11 is 5.76. The van der Waals surface area contributed by atoms with Crippen molar-refractivity contribution in [3.8, 4) is 11.3 Å². The Kier molecular flexibility index (Phi) is 3.24. The third-order valence-corrected chi connectivity index (χ3v) is 2.50. The molecule has 0 atom stereocenters. The third kappa shape index (κ3) is 2.71. The van der Waals surface area contributed by atoms with E-state index in [2.05, 4.69) is 9.97 Å². The lowest BCUT2D eigenvalue weighted by molar-refractivity contribution is 0.628. The van der Waals surface area contributed by atoms with Gasteiger partial charge in [-0.25, -0.2) is 9.37 Å². The zero-order valence-corrected chi connectivity index (χ0v) is 9.88. The van der Waals surface area contributed by atoms with Gasteiger partial charge in [-0.15, -0.1) is 0 Å². The number of benzene rings is 1. The van der Waals surface area contributed by atoms with Gasteiger partial charge in [-0.3, -0.25) is 4.79 Å². The smallest absolute Gasteiger partial charge is 0.251 e. The normalized spacial score (nSPS) is 10.5. The van der Waals surface area contributed by atoms with Gasteiger partial charge in [-0.05, 0) is 18.2 Å². The summed E-state index contributed by atoms with van der Waals surface area (Å²) in [6.07, 6.45) is 0.603. The van der Waals surface area contributed by atoms with Gasteiger partial charge in [0.1, 0.15) is 11.6 Å². The molecule has 88 valence electrons. The van der Waals surface area contributed by atoms with Crippen molar-refractivity contribution in [1.82, 2.24) is 9.97 Å². The Labute approximate surface area is 102 Å². The van der Waals surface area contributed by atoms with Crippen LogP contribution < -0.4 is 5.56 Å². The number of aromatic amines is 1. The second-order valence-electron chi connectivity index (χ2n) is 3.59. The summed E-state index contributed by atoms with van der Waals surface area (Å²) in [5.41, 5.74) is 0.662.